The highest BCUT2D eigenvalue weighted by Crippen LogP contribution is 2.44. The summed E-state index contributed by atoms with van der Waals surface area (Å²) < 4.78 is 17.5. The minimum atomic E-state index is -0.628. The molecule has 0 amide bonds. The van der Waals surface area contributed by atoms with Gasteiger partial charge in [0.05, 0.1) is 12.2 Å². The summed E-state index contributed by atoms with van der Waals surface area (Å²) in [4.78, 5) is 0. The first-order valence-electron chi connectivity index (χ1n) is 6.78. The highest BCUT2D eigenvalue weighted by atomic mass is 16.8. The largest absolute Gasteiger partial charge is 0.390 e. The van der Waals surface area contributed by atoms with Gasteiger partial charge in [-0.2, -0.15) is 0 Å². The van der Waals surface area contributed by atoms with Gasteiger partial charge >= 0.3 is 0 Å². The van der Waals surface area contributed by atoms with E-state index in [2.05, 4.69) is 13.2 Å². The van der Waals surface area contributed by atoms with Gasteiger partial charge in [0.2, 0.25) is 0 Å². The van der Waals surface area contributed by atoms with Gasteiger partial charge in [-0.3, -0.25) is 0 Å². The van der Waals surface area contributed by atoms with Crippen molar-refractivity contribution in [2.24, 2.45) is 5.92 Å². The number of hydrogen-bond acceptors (Lipinski definition) is 4. The SMILES string of the molecule is C=CC[C@H](O)[C@H]1O[C@@H]2OC(C)(C)O[C@@H]2[C@@H]1CC(=C)C. The van der Waals surface area contributed by atoms with Crippen LogP contribution in [0.5, 0.6) is 0 Å². The Balaban J connectivity index is 2.14. The van der Waals surface area contributed by atoms with Crippen molar-refractivity contribution in [1.82, 2.24) is 0 Å². The molecule has 2 saturated heterocycles. The maximum absolute atomic E-state index is 10.2. The second-order valence-corrected chi connectivity index (χ2v) is 5.99. The van der Waals surface area contributed by atoms with Crippen molar-refractivity contribution < 1.29 is 19.3 Å². The Morgan fingerprint density at radius 3 is 2.68 bits per heavy atom. The van der Waals surface area contributed by atoms with Gasteiger partial charge in [0.25, 0.3) is 0 Å². The molecule has 2 fully saturated rings. The van der Waals surface area contributed by atoms with Crippen molar-refractivity contribution in [3.63, 3.8) is 0 Å². The molecule has 2 heterocycles. The van der Waals surface area contributed by atoms with E-state index in [4.69, 9.17) is 14.2 Å². The Morgan fingerprint density at radius 2 is 2.11 bits per heavy atom. The van der Waals surface area contributed by atoms with Gasteiger partial charge in [-0.05, 0) is 33.6 Å². The monoisotopic (exact) mass is 268 g/mol. The summed E-state index contributed by atoms with van der Waals surface area (Å²) in [6, 6.07) is 0. The molecule has 5 atom stereocenters. The second-order valence-electron chi connectivity index (χ2n) is 5.99. The number of fused-ring (bicyclic) bond motifs is 1. The first-order valence-corrected chi connectivity index (χ1v) is 6.78. The van der Waals surface area contributed by atoms with Gasteiger partial charge in [0.1, 0.15) is 6.10 Å². The number of hydrogen-bond donors (Lipinski definition) is 1. The molecular formula is C15H24O4. The molecule has 108 valence electrons. The van der Waals surface area contributed by atoms with Crippen molar-refractivity contribution in [3.8, 4) is 0 Å². The number of aliphatic hydroxyl groups excluding tert-OH is 1. The Morgan fingerprint density at radius 1 is 1.42 bits per heavy atom. The van der Waals surface area contributed by atoms with Crippen LogP contribution in [0, 0.1) is 5.92 Å². The molecule has 0 aromatic heterocycles. The van der Waals surface area contributed by atoms with Gasteiger partial charge in [-0.15, -0.1) is 13.2 Å². The molecule has 0 aliphatic carbocycles. The smallest absolute Gasteiger partial charge is 0.187 e. The molecule has 2 aliphatic heterocycles. The van der Waals surface area contributed by atoms with Crippen LogP contribution in [0.25, 0.3) is 0 Å². The number of rotatable bonds is 5. The van der Waals surface area contributed by atoms with E-state index in [1.807, 2.05) is 20.8 Å². The van der Waals surface area contributed by atoms with Crippen molar-refractivity contribution >= 4 is 0 Å². The molecule has 2 aliphatic rings. The molecular weight excluding hydrogens is 244 g/mol. The van der Waals surface area contributed by atoms with Gasteiger partial charge in [0.15, 0.2) is 12.1 Å². The topological polar surface area (TPSA) is 47.9 Å². The maximum atomic E-state index is 10.2. The Kier molecular flexibility index (Phi) is 4.16. The fourth-order valence-corrected chi connectivity index (χ4v) is 2.91. The average Bonchev–Trinajstić information content (AvgIpc) is 2.72. The zero-order valence-electron chi connectivity index (χ0n) is 12.0. The second kappa shape index (κ2) is 5.37. The summed E-state index contributed by atoms with van der Waals surface area (Å²) in [6.45, 7) is 13.3. The zero-order valence-corrected chi connectivity index (χ0v) is 12.0. The summed E-state index contributed by atoms with van der Waals surface area (Å²) >= 11 is 0. The molecule has 0 bridgehead atoms. The van der Waals surface area contributed by atoms with E-state index in [0.29, 0.717) is 6.42 Å². The zero-order chi connectivity index (χ0) is 14.2. The quantitative estimate of drug-likeness (QED) is 0.778. The Hall–Kier alpha value is -0.680. The predicted octanol–water partition coefficient (Wildman–Crippen LogP) is 2.38. The molecule has 2 rings (SSSR count). The van der Waals surface area contributed by atoms with E-state index < -0.39 is 18.2 Å². The number of ether oxygens (including phenoxy) is 3. The van der Waals surface area contributed by atoms with Crippen LogP contribution in [0.1, 0.15) is 33.6 Å². The molecule has 0 saturated carbocycles. The summed E-state index contributed by atoms with van der Waals surface area (Å²) in [5.74, 6) is -0.559. The van der Waals surface area contributed by atoms with E-state index >= 15 is 0 Å². The third kappa shape index (κ3) is 3.08. The van der Waals surface area contributed by atoms with Gasteiger partial charge in [-0.25, -0.2) is 0 Å². The minimum Gasteiger partial charge on any atom is -0.390 e. The molecule has 0 aromatic rings. The maximum Gasteiger partial charge on any atom is 0.187 e. The van der Waals surface area contributed by atoms with Crippen LogP contribution in [0.3, 0.4) is 0 Å². The third-order valence-corrected chi connectivity index (χ3v) is 3.59. The van der Waals surface area contributed by atoms with Crippen LogP contribution in [0.15, 0.2) is 24.8 Å². The number of aliphatic hydroxyl groups is 1. The summed E-state index contributed by atoms with van der Waals surface area (Å²) in [5.41, 5.74) is 1.05. The summed E-state index contributed by atoms with van der Waals surface area (Å²) in [7, 11) is 0. The van der Waals surface area contributed by atoms with Crippen LogP contribution in [0.2, 0.25) is 0 Å². The molecule has 0 unspecified atom stereocenters. The van der Waals surface area contributed by atoms with Gasteiger partial charge in [-0.1, -0.05) is 11.6 Å². The highest BCUT2D eigenvalue weighted by Gasteiger charge is 2.55. The standard InChI is InChI=1S/C15H24O4/c1-6-7-11(16)12-10(8-9(2)3)13-14(17-12)19-15(4,5)18-13/h6,10-14,16H,1-2,7-8H2,3-5H3/t10-,11+,12+,13-,14-/m1/s1. The molecule has 4 nitrogen and oxygen atoms in total. The molecule has 1 N–H and O–H groups in total. The van der Waals surface area contributed by atoms with E-state index in [1.54, 1.807) is 6.08 Å². The lowest BCUT2D eigenvalue weighted by Crippen LogP contribution is -2.37. The number of allylic oxidation sites excluding steroid dienone is 1. The van der Waals surface area contributed by atoms with E-state index in [1.165, 1.54) is 0 Å². The van der Waals surface area contributed by atoms with E-state index in [9.17, 15) is 5.11 Å². The lowest BCUT2D eigenvalue weighted by Gasteiger charge is -2.28. The fraction of sp³-hybridized carbons (Fsp3) is 0.733. The third-order valence-electron chi connectivity index (χ3n) is 3.59. The molecule has 0 spiro atoms. The van der Waals surface area contributed by atoms with Crippen LogP contribution in [0.4, 0.5) is 0 Å². The van der Waals surface area contributed by atoms with Crippen molar-refractivity contribution in [2.75, 3.05) is 0 Å². The van der Waals surface area contributed by atoms with Crippen LogP contribution in [-0.4, -0.2) is 35.5 Å². The van der Waals surface area contributed by atoms with Crippen LogP contribution in [-0.2, 0) is 14.2 Å². The molecule has 4 heteroatoms. The molecule has 19 heavy (non-hydrogen) atoms. The van der Waals surface area contributed by atoms with Crippen molar-refractivity contribution in [3.05, 3.63) is 24.8 Å². The van der Waals surface area contributed by atoms with Crippen molar-refractivity contribution in [1.29, 1.82) is 0 Å². The molecule has 0 radical (unpaired) electrons. The normalized spacial score (nSPS) is 37.9. The predicted molar refractivity (Wildman–Crippen MR) is 72.4 cm³/mol. The van der Waals surface area contributed by atoms with Crippen LogP contribution >= 0.6 is 0 Å². The van der Waals surface area contributed by atoms with Gasteiger partial charge in [0, 0.05) is 5.92 Å². The van der Waals surface area contributed by atoms with E-state index in [-0.39, 0.29) is 18.1 Å². The summed E-state index contributed by atoms with van der Waals surface area (Å²) in [6.07, 6.45) is 1.55. The first-order chi connectivity index (χ1) is 8.84. The van der Waals surface area contributed by atoms with Crippen molar-refractivity contribution in [2.45, 2.75) is 64.0 Å². The average molecular weight is 268 g/mol. The minimum absolute atomic E-state index is 0.0687. The molecule has 0 aromatic carbocycles. The van der Waals surface area contributed by atoms with E-state index in [0.717, 1.165) is 12.0 Å². The lowest BCUT2D eigenvalue weighted by atomic mass is 9.88. The summed E-state index contributed by atoms with van der Waals surface area (Å²) in [5, 5.41) is 10.2. The fourth-order valence-electron chi connectivity index (χ4n) is 2.91. The van der Waals surface area contributed by atoms with Gasteiger partial charge < -0.3 is 19.3 Å². The highest BCUT2D eigenvalue weighted by molar-refractivity contribution is 5.03. The Bertz CT molecular complexity index is 363. The Labute approximate surface area is 115 Å². The van der Waals surface area contributed by atoms with Crippen LogP contribution < -0.4 is 0 Å². The lowest BCUT2D eigenvalue weighted by molar-refractivity contribution is -0.220. The first kappa shape index (κ1) is 14.7.